The number of aromatic nitrogens is 2. The largest absolute Gasteiger partial charge is 0.366 e. The molecule has 0 aliphatic heterocycles. The molecule has 94 valence electrons. The summed E-state index contributed by atoms with van der Waals surface area (Å²) in [5.74, 6) is 1.92. The summed E-state index contributed by atoms with van der Waals surface area (Å²) in [7, 11) is 0. The van der Waals surface area contributed by atoms with Crippen molar-refractivity contribution in [2.24, 2.45) is 11.3 Å². The molecular weight excluding hydrogens is 210 g/mol. The number of aryl methyl sites for hydroxylation is 1. The molecule has 3 heteroatoms. The van der Waals surface area contributed by atoms with E-state index in [1.807, 2.05) is 0 Å². The van der Waals surface area contributed by atoms with Crippen molar-refractivity contribution in [1.29, 1.82) is 0 Å². The minimum Gasteiger partial charge on any atom is -0.366 e. The van der Waals surface area contributed by atoms with Crippen LogP contribution in [0.3, 0.4) is 0 Å². The molecule has 0 aromatic carbocycles. The summed E-state index contributed by atoms with van der Waals surface area (Å²) in [5.41, 5.74) is 3.24. The van der Waals surface area contributed by atoms with Crippen LogP contribution in [0.4, 0.5) is 5.82 Å². The van der Waals surface area contributed by atoms with E-state index in [4.69, 9.17) is 0 Å². The highest BCUT2D eigenvalue weighted by Crippen LogP contribution is 2.39. The van der Waals surface area contributed by atoms with Crippen molar-refractivity contribution in [3.8, 4) is 0 Å². The maximum Gasteiger partial charge on any atom is 0.151 e. The van der Waals surface area contributed by atoms with E-state index in [0.29, 0.717) is 11.5 Å². The first-order chi connectivity index (χ1) is 8.04. The van der Waals surface area contributed by atoms with Crippen LogP contribution in [0, 0.1) is 11.3 Å². The molecule has 1 aromatic heterocycles. The first-order valence-corrected chi connectivity index (χ1v) is 6.86. The zero-order chi connectivity index (χ0) is 12.0. The second kappa shape index (κ2) is 3.76. The first-order valence-electron chi connectivity index (χ1n) is 6.86. The van der Waals surface area contributed by atoms with Crippen molar-refractivity contribution in [3.63, 3.8) is 0 Å². The van der Waals surface area contributed by atoms with E-state index in [1.54, 1.807) is 0 Å². The zero-order valence-electron chi connectivity index (χ0n) is 11.1. The Balaban J connectivity index is 1.81. The monoisotopic (exact) mass is 233 g/mol. The van der Waals surface area contributed by atoms with Crippen molar-refractivity contribution in [2.45, 2.75) is 58.9 Å². The van der Waals surface area contributed by atoms with E-state index >= 15 is 0 Å². The second-order valence-corrected chi connectivity index (χ2v) is 6.75. The number of aromatic amines is 1. The summed E-state index contributed by atoms with van der Waals surface area (Å²) in [6.45, 7) is 7.07. The zero-order valence-corrected chi connectivity index (χ0v) is 11.1. The average molecular weight is 233 g/mol. The van der Waals surface area contributed by atoms with Crippen LogP contribution >= 0.6 is 0 Å². The lowest BCUT2D eigenvalue weighted by Gasteiger charge is -2.33. The fraction of sp³-hybridized carbons (Fsp3) is 0.786. The fourth-order valence-corrected chi connectivity index (χ4v) is 2.77. The standard InChI is InChI=1S/C14H23N3/c1-14(2,3)9-4-7-12-11(8-9)13(17-16-12)15-10-5-6-10/h9-10H,4-8H2,1-3H3,(H2,15,16,17). The van der Waals surface area contributed by atoms with Gasteiger partial charge in [0.1, 0.15) is 0 Å². The van der Waals surface area contributed by atoms with Gasteiger partial charge in [0.05, 0.1) is 0 Å². The molecule has 2 aliphatic carbocycles. The summed E-state index contributed by atoms with van der Waals surface area (Å²) >= 11 is 0. The molecule has 1 atom stereocenters. The lowest BCUT2D eigenvalue weighted by Crippen LogP contribution is -2.27. The Morgan fingerprint density at radius 3 is 2.65 bits per heavy atom. The number of nitrogens with zero attached hydrogens (tertiary/aromatic N) is 1. The summed E-state index contributed by atoms with van der Waals surface area (Å²) in [4.78, 5) is 0. The van der Waals surface area contributed by atoms with Crippen LogP contribution in [-0.2, 0) is 12.8 Å². The van der Waals surface area contributed by atoms with Gasteiger partial charge in [0.15, 0.2) is 5.82 Å². The number of hydrogen-bond acceptors (Lipinski definition) is 2. The highest BCUT2D eigenvalue weighted by Gasteiger charge is 2.32. The van der Waals surface area contributed by atoms with Crippen LogP contribution in [0.2, 0.25) is 0 Å². The Labute approximate surface area is 103 Å². The van der Waals surface area contributed by atoms with Crippen molar-refractivity contribution >= 4 is 5.82 Å². The molecular formula is C14H23N3. The molecule has 1 heterocycles. The van der Waals surface area contributed by atoms with E-state index < -0.39 is 0 Å². The van der Waals surface area contributed by atoms with Gasteiger partial charge in [-0.05, 0) is 43.4 Å². The molecule has 1 fully saturated rings. The Kier molecular flexibility index (Phi) is 2.46. The normalized spacial score (nSPS) is 24.5. The van der Waals surface area contributed by atoms with Crippen LogP contribution < -0.4 is 5.32 Å². The lowest BCUT2D eigenvalue weighted by molar-refractivity contribution is 0.216. The molecule has 0 amide bonds. The Hall–Kier alpha value is -0.990. The summed E-state index contributed by atoms with van der Waals surface area (Å²) in [6.07, 6.45) is 6.26. The minimum absolute atomic E-state index is 0.409. The maximum atomic E-state index is 4.46. The lowest BCUT2D eigenvalue weighted by atomic mass is 9.72. The van der Waals surface area contributed by atoms with E-state index in [-0.39, 0.29) is 0 Å². The highest BCUT2D eigenvalue weighted by molar-refractivity contribution is 5.49. The van der Waals surface area contributed by atoms with E-state index in [0.717, 1.165) is 18.2 Å². The van der Waals surface area contributed by atoms with Gasteiger partial charge >= 0.3 is 0 Å². The number of fused-ring (bicyclic) bond motifs is 1. The number of hydrogen-bond donors (Lipinski definition) is 2. The van der Waals surface area contributed by atoms with Gasteiger partial charge in [-0.15, -0.1) is 0 Å². The Morgan fingerprint density at radius 2 is 2.00 bits per heavy atom. The molecule has 0 radical (unpaired) electrons. The number of rotatable bonds is 2. The van der Waals surface area contributed by atoms with Crippen molar-refractivity contribution in [3.05, 3.63) is 11.3 Å². The Bertz CT molecular complexity index is 410. The fourth-order valence-electron chi connectivity index (χ4n) is 2.77. The van der Waals surface area contributed by atoms with E-state index in [9.17, 15) is 0 Å². The van der Waals surface area contributed by atoms with Crippen LogP contribution in [0.15, 0.2) is 0 Å². The van der Waals surface area contributed by atoms with Crippen LogP contribution in [0.25, 0.3) is 0 Å². The summed E-state index contributed by atoms with van der Waals surface area (Å²) < 4.78 is 0. The second-order valence-electron chi connectivity index (χ2n) is 6.75. The molecule has 17 heavy (non-hydrogen) atoms. The average Bonchev–Trinajstić information content (AvgIpc) is 2.98. The van der Waals surface area contributed by atoms with Gasteiger partial charge in [-0.1, -0.05) is 20.8 Å². The van der Waals surface area contributed by atoms with Crippen molar-refractivity contribution in [2.75, 3.05) is 5.32 Å². The molecule has 0 saturated heterocycles. The predicted octanol–water partition coefficient (Wildman–Crippen LogP) is 3.14. The van der Waals surface area contributed by atoms with Gasteiger partial charge < -0.3 is 5.32 Å². The van der Waals surface area contributed by atoms with Crippen molar-refractivity contribution in [1.82, 2.24) is 10.2 Å². The molecule has 0 bridgehead atoms. The number of anilines is 1. The summed E-state index contributed by atoms with van der Waals surface area (Å²) in [5, 5.41) is 11.2. The van der Waals surface area contributed by atoms with Gasteiger partial charge in [0, 0.05) is 17.3 Å². The SMILES string of the molecule is CC(C)(C)C1CCc2[nH]nc(NC3CC3)c2C1. The van der Waals surface area contributed by atoms with Gasteiger partial charge in [-0.25, -0.2) is 0 Å². The van der Waals surface area contributed by atoms with Gasteiger partial charge in [0.25, 0.3) is 0 Å². The first kappa shape index (κ1) is 11.1. The number of H-pyrrole nitrogens is 1. The Morgan fingerprint density at radius 1 is 1.24 bits per heavy atom. The van der Waals surface area contributed by atoms with Gasteiger partial charge in [-0.3, -0.25) is 5.10 Å². The minimum atomic E-state index is 0.409. The van der Waals surface area contributed by atoms with Crippen LogP contribution in [-0.4, -0.2) is 16.2 Å². The molecule has 1 unspecified atom stereocenters. The molecule has 0 spiro atoms. The smallest absolute Gasteiger partial charge is 0.151 e. The van der Waals surface area contributed by atoms with Gasteiger partial charge in [-0.2, -0.15) is 5.10 Å². The number of nitrogens with one attached hydrogen (secondary N) is 2. The third-order valence-electron chi connectivity index (χ3n) is 4.29. The van der Waals surface area contributed by atoms with E-state index in [1.165, 1.54) is 36.9 Å². The maximum absolute atomic E-state index is 4.46. The molecule has 1 aromatic rings. The van der Waals surface area contributed by atoms with Crippen LogP contribution in [0.5, 0.6) is 0 Å². The van der Waals surface area contributed by atoms with Gasteiger partial charge in [0.2, 0.25) is 0 Å². The third kappa shape index (κ3) is 2.20. The predicted molar refractivity (Wildman–Crippen MR) is 70.2 cm³/mol. The molecule has 2 N–H and O–H groups in total. The molecule has 3 nitrogen and oxygen atoms in total. The third-order valence-corrected chi connectivity index (χ3v) is 4.29. The summed E-state index contributed by atoms with van der Waals surface area (Å²) in [6, 6.07) is 0.692. The molecule has 2 aliphatic rings. The molecule has 3 rings (SSSR count). The highest BCUT2D eigenvalue weighted by atomic mass is 15.2. The topological polar surface area (TPSA) is 40.7 Å². The van der Waals surface area contributed by atoms with E-state index in [2.05, 4.69) is 36.3 Å². The van der Waals surface area contributed by atoms with Crippen molar-refractivity contribution < 1.29 is 0 Å². The molecule has 1 saturated carbocycles. The quantitative estimate of drug-likeness (QED) is 0.824. The van der Waals surface area contributed by atoms with Crippen LogP contribution in [0.1, 0.15) is 51.3 Å².